The second-order valence-electron chi connectivity index (χ2n) is 2.78. The molecule has 0 aliphatic rings. The number of hydrogen-bond donors (Lipinski definition) is 1. The van der Waals surface area contributed by atoms with Gasteiger partial charge in [-0.05, 0) is 24.6 Å². The van der Waals surface area contributed by atoms with E-state index in [-0.39, 0.29) is 0 Å². The van der Waals surface area contributed by atoms with Crippen LogP contribution in [-0.4, -0.2) is 13.1 Å². The van der Waals surface area contributed by atoms with Gasteiger partial charge in [-0.2, -0.15) is 0 Å². The standard InChI is InChI=1S/C8H9BN2O/c1-5-2-3-6-7(4-5)12-11-8(6)10-9/h2-4H,9H2,1H3,(H,10,11). The molecule has 0 saturated carbocycles. The van der Waals surface area contributed by atoms with Crippen molar-refractivity contribution in [1.29, 1.82) is 0 Å². The van der Waals surface area contributed by atoms with E-state index in [0.717, 1.165) is 16.8 Å². The maximum absolute atomic E-state index is 5.11. The summed E-state index contributed by atoms with van der Waals surface area (Å²) in [6.45, 7) is 2.03. The molecule has 1 N–H and O–H groups in total. The van der Waals surface area contributed by atoms with Gasteiger partial charge in [0.25, 0.3) is 0 Å². The van der Waals surface area contributed by atoms with Gasteiger partial charge in [0.05, 0.1) is 5.39 Å². The van der Waals surface area contributed by atoms with Gasteiger partial charge >= 0.3 is 0 Å². The summed E-state index contributed by atoms with van der Waals surface area (Å²) in [6.07, 6.45) is 0. The Bertz CT molecular complexity index is 410. The highest BCUT2D eigenvalue weighted by molar-refractivity contribution is 6.17. The van der Waals surface area contributed by atoms with Crippen LogP contribution in [0.25, 0.3) is 11.0 Å². The lowest BCUT2D eigenvalue weighted by Crippen LogP contribution is -1.89. The SMILES string of the molecule is BNc1noc2cc(C)ccc12. The largest absolute Gasteiger partial charge is 0.416 e. The maximum Gasteiger partial charge on any atom is 0.216 e. The Labute approximate surface area is 71.2 Å². The molecule has 0 radical (unpaired) electrons. The Kier molecular flexibility index (Phi) is 1.53. The fourth-order valence-electron chi connectivity index (χ4n) is 1.23. The first kappa shape index (κ1) is 7.22. The number of nitrogens with one attached hydrogen (secondary N) is 1. The van der Waals surface area contributed by atoms with Crippen LogP contribution in [0.1, 0.15) is 5.56 Å². The summed E-state index contributed by atoms with van der Waals surface area (Å²) in [5.74, 6) is 0.796. The van der Waals surface area contributed by atoms with E-state index < -0.39 is 0 Å². The quantitative estimate of drug-likeness (QED) is 0.634. The number of hydrogen-bond acceptors (Lipinski definition) is 3. The van der Waals surface area contributed by atoms with E-state index in [1.54, 1.807) is 0 Å². The lowest BCUT2D eigenvalue weighted by molar-refractivity contribution is 0.460. The third-order valence-corrected chi connectivity index (χ3v) is 1.86. The van der Waals surface area contributed by atoms with Crippen molar-refractivity contribution in [1.82, 2.24) is 5.16 Å². The topological polar surface area (TPSA) is 38.1 Å². The van der Waals surface area contributed by atoms with Crippen LogP contribution in [0.5, 0.6) is 0 Å². The predicted octanol–water partition coefficient (Wildman–Crippen LogP) is 1.10. The van der Waals surface area contributed by atoms with Crippen LogP contribution < -0.4 is 5.23 Å². The summed E-state index contributed by atoms with van der Waals surface area (Å²) in [5, 5.41) is 7.86. The van der Waals surface area contributed by atoms with E-state index in [1.807, 2.05) is 33.1 Å². The molecular weight excluding hydrogens is 151 g/mol. The number of aryl methyl sites for hydroxylation is 1. The highest BCUT2D eigenvalue weighted by Gasteiger charge is 2.04. The minimum atomic E-state index is 0.796. The molecule has 0 amide bonds. The predicted molar refractivity (Wildman–Crippen MR) is 50.9 cm³/mol. The monoisotopic (exact) mass is 160 g/mol. The van der Waals surface area contributed by atoms with Gasteiger partial charge in [-0.25, -0.2) is 0 Å². The van der Waals surface area contributed by atoms with Crippen LogP contribution in [0.2, 0.25) is 0 Å². The fourth-order valence-corrected chi connectivity index (χ4v) is 1.23. The highest BCUT2D eigenvalue weighted by Crippen LogP contribution is 2.22. The molecule has 0 saturated heterocycles. The number of fused-ring (bicyclic) bond motifs is 1. The Hall–Kier alpha value is -1.45. The van der Waals surface area contributed by atoms with E-state index in [9.17, 15) is 0 Å². The fraction of sp³-hybridized carbons (Fsp3) is 0.125. The molecule has 0 bridgehead atoms. The van der Waals surface area contributed by atoms with Crippen LogP contribution >= 0.6 is 0 Å². The van der Waals surface area contributed by atoms with Crippen molar-refractivity contribution in [3.05, 3.63) is 23.8 Å². The molecule has 2 aromatic rings. The van der Waals surface area contributed by atoms with Crippen LogP contribution in [-0.2, 0) is 0 Å². The molecule has 4 heteroatoms. The number of nitrogens with zero attached hydrogens (tertiary/aromatic N) is 1. The van der Waals surface area contributed by atoms with E-state index in [1.165, 1.54) is 5.56 Å². The first-order chi connectivity index (χ1) is 5.81. The second kappa shape index (κ2) is 2.55. The molecule has 0 aliphatic carbocycles. The molecule has 0 fully saturated rings. The third kappa shape index (κ3) is 0.960. The van der Waals surface area contributed by atoms with E-state index in [0.29, 0.717) is 0 Å². The summed E-state index contributed by atoms with van der Waals surface area (Å²) in [7, 11) is 1.83. The third-order valence-electron chi connectivity index (χ3n) is 1.86. The van der Waals surface area contributed by atoms with Gasteiger partial charge in [0.1, 0.15) is 0 Å². The van der Waals surface area contributed by atoms with Gasteiger partial charge in [0, 0.05) is 0 Å². The summed E-state index contributed by atoms with van der Waals surface area (Å²) >= 11 is 0. The van der Waals surface area contributed by atoms with Gasteiger partial charge in [-0.15, -0.1) is 0 Å². The van der Waals surface area contributed by atoms with Crippen molar-refractivity contribution in [2.24, 2.45) is 0 Å². The molecular formula is C8H9BN2O. The summed E-state index contributed by atoms with van der Waals surface area (Å²) in [4.78, 5) is 0. The molecule has 3 nitrogen and oxygen atoms in total. The van der Waals surface area contributed by atoms with Gasteiger partial charge in [0.15, 0.2) is 11.4 Å². The molecule has 12 heavy (non-hydrogen) atoms. The Morgan fingerprint density at radius 1 is 1.50 bits per heavy atom. The first-order valence-electron chi connectivity index (χ1n) is 3.85. The average molecular weight is 160 g/mol. The van der Waals surface area contributed by atoms with Gasteiger partial charge in [-0.1, -0.05) is 11.2 Å². The van der Waals surface area contributed by atoms with Gasteiger partial charge in [-0.3, -0.25) is 0 Å². The van der Waals surface area contributed by atoms with Crippen molar-refractivity contribution < 1.29 is 4.52 Å². The molecule has 60 valence electrons. The van der Waals surface area contributed by atoms with Gasteiger partial charge in [0.2, 0.25) is 7.98 Å². The molecule has 0 aliphatic heterocycles. The average Bonchev–Trinajstić information content (AvgIpc) is 2.46. The summed E-state index contributed by atoms with van der Waals surface area (Å²) in [5.41, 5.74) is 2.01. The van der Waals surface area contributed by atoms with E-state index >= 15 is 0 Å². The van der Waals surface area contributed by atoms with Crippen molar-refractivity contribution in [2.45, 2.75) is 6.92 Å². The summed E-state index contributed by atoms with van der Waals surface area (Å²) in [6, 6.07) is 6.02. The van der Waals surface area contributed by atoms with Crippen molar-refractivity contribution in [3.8, 4) is 0 Å². The summed E-state index contributed by atoms with van der Waals surface area (Å²) < 4.78 is 5.11. The van der Waals surface area contributed by atoms with Gasteiger partial charge < -0.3 is 9.75 Å². The number of rotatable bonds is 1. The zero-order chi connectivity index (χ0) is 8.55. The lowest BCUT2D eigenvalue weighted by atomic mass is 10.2. The van der Waals surface area contributed by atoms with E-state index in [4.69, 9.17) is 4.52 Å². The maximum atomic E-state index is 5.11. The van der Waals surface area contributed by atoms with Crippen molar-refractivity contribution in [3.63, 3.8) is 0 Å². The number of benzene rings is 1. The van der Waals surface area contributed by atoms with Crippen molar-refractivity contribution in [2.75, 3.05) is 5.23 Å². The molecule has 1 heterocycles. The van der Waals surface area contributed by atoms with Crippen molar-refractivity contribution >= 4 is 24.8 Å². The van der Waals surface area contributed by atoms with Crippen LogP contribution in [0, 0.1) is 6.92 Å². The Morgan fingerprint density at radius 2 is 2.33 bits per heavy atom. The van der Waals surface area contributed by atoms with Crippen LogP contribution in [0.15, 0.2) is 22.7 Å². The van der Waals surface area contributed by atoms with E-state index in [2.05, 4.69) is 10.4 Å². The Morgan fingerprint density at radius 3 is 3.08 bits per heavy atom. The zero-order valence-corrected chi connectivity index (χ0v) is 7.09. The minimum absolute atomic E-state index is 0.796. The molecule has 1 aromatic heterocycles. The normalized spacial score (nSPS) is 10.4. The molecule has 1 aromatic carbocycles. The first-order valence-corrected chi connectivity index (χ1v) is 3.85. The minimum Gasteiger partial charge on any atom is -0.416 e. The lowest BCUT2D eigenvalue weighted by Gasteiger charge is -1.92. The molecule has 0 spiro atoms. The highest BCUT2D eigenvalue weighted by atomic mass is 16.5. The molecule has 2 rings (SSSR count). The molecule has 0 unspecified atom stereocenters. The van der Waals surface area contributed by atoms with Crippen LogP contribution in [0.3, 0.4) is 0 Å². The molecule has 0 atom stereocenters. The second-order valence-corrected chi connectivity index (χ2v) is 2.78. The zero-order valence-electron chi connectivity index (χ0n) is 7.09. The Balaban J connectivity index is 2.73. The number of aromatic nitrogens is 1. The smallest absolute Gasteiger partial charge is 0.216 e. The van der Waals surface area contributed by atoms with Crippen LogP contribution in [0.4, 0.5) is 5.82 Å². The number of anilines is 1.